The van der Waals surface area contributed by atoms with Gasteiger partial charge in [-0.3, -0.25) is 28.4 Å². The number of ketones is 2. The number of carbonyl (C=O) groups excluding carboxylic acids is 3. The van der Waals surface area contributed by atoms with Crippen molar-refractivity contribution in [3.8, 4) is 5.75 Å². The number of hydrogen-bond donors (Lipinski definition) is 1. The Morgan fingerprint density at radius 3 is 2.29 bits per heavy atom. The van der Waals surface area contributed by atoms with Crippen LogP contribution in [-0.2, 0) is 46.4 Å². The minimum absolute atomic E-state index is 0.00719. The van der Waals surface area contributed by atoms with Crippen LogP contribution in [0.2, 0.25) is 0 Å². The van der Waals surface area contributed by atoms with Gasteiger partial charge in [0.1, 0.15) is 12.4 Å². The summed E-state index contributed by atoms with van der Waals surface area (Å²) in [6.45, 7) is 5.70. The van der Waals surface area contributed by atoms with Crippen molar-refractivity contribution in [1.82, 2.24) is 15.1 Å². The van der Waals surface area contributed by atoms with Crippen molar-refractivity contribution in [2.75, 3.05) is 53.6 Å². The summed E-state index contributed by atoms with van der Waals surface area (Å²) in [5, 5.41) is 3.10. The van der Waals surface area contributed by atoms with Crippen molar-refractivity contribution in [1.29, 1.82) is 0 Å². The molecule has 2 aliphatic rings. The maximum absolute atomic E-state index is 14.3. The Balaban J connectivity index is 1.24. The first-order chi connectivity index (χ1) is 28.0. The van der Waals surface area contributed by atoms with E-state index in [0.717, 1.165) is 61.2 Å². The lowest BCUT2D eigenvalue weighted by Gasteiger charge is -2.30. The molecule has 0 aromatic heterocycles. The molecule has 3 aromatic carbocycles. The van der Waals surface area contributed by atoms with E-state index in [9.17, 15) is 22.8 Å². The van der Waals surface area contributed by atoms with Gasteiger partial charge in [-0.25, -0.2) is 0 Å². The lowest BCUT2D eigenvalue weighted by Crippen LogP contribution is -2.47. The number of Topliss-reactive ketones (excluding diaryl/α,β-unsaturated/α-hetero) is 2. The van der Waals surface area contributed by atoms with Crippen molar-refractivity contribution >= 4 is 27.6 Å². The molecule has 0 bridgehead atoms. The van der Waals surface area contributed by atoms with Crippen LogP contribution >= 0.6 is 0 Å². The van der Waals surface area contributed by atoms with Gasteiger partial charge in [-0.1, -0.05) is 85.8 Å². The number of hydrogen-bond acceptors (Lipinski definition) is 10. The molecular weight excluding hydrogens is 755 g/mol. The molecule has 3 aromatic rings. The highest BCUT2D eigenvalue weighted by molar-refractivity contribution is 7.86. The first-order valence-electron chi connectivity index (χ1n) is 21.0. The average Bonchev–Trinajstić information content (AvgIpc) is 3.74. The number of unbranched alkanes of at least 4 members (excludes halogenated alkanes) is 1. The number of likely N-dealkylation sites (N-methyl/N-ethyl adjacent to an activating group) is 1. The van der Waals surface area contributed by atoms with Crippen molar-refractivity contribution in [2.24, 2.45) is 11.8 Å². The number of ether oxygens (including phenoxy) is 2. The minimum Gasteiger partial charge on any atom is -0.489 e. The molecule has 58 heavy (non-hydrogen) atoms. The summed E-state index contributed by atoms with van der Waals surface area (Å²) in [6.07, 6.45) is 6.81. The fourth-order valence-electron chi connectivity index (χ4n) is 7.82. The van der Waals surface area contributed by atoms with E-state index in [1.807, 2.05) is 80.5 Å². The molecule has 1 saturated heterocycles. The van der Waals surface area contributed by atoms with Crippen molar-refractivity contribution in [2.45, 2.75) is 101 Å². The highest BCUT2D eigenvalue weighted by Crippen LogP contribution is 2.29. The Labute approximate surface area is 345 Å². The molecule has 5 rings (SSSR count). The fraction of sp³-hybridized carbons (Fsp3) is 0.543. The third-order valence-electron chi connectivity index (χ3n) is 11.4. The molecule has 12 heteroatoms. The molecule has 0 radical (unpaired) electrons. The summed E-state index contributed by atoms with van der Waals surface area (Å²) in [5.74, 6) is 0.0516. The molecule has 11 nitrogen and oxygen atoms in total. The molecule has 2 fully saturated rings. The van der Waals surface area contributed by atoms with Gasteiger partial charge in [-0.05, 0) is 101 Å². The maximum Gasteiger partial charge on any atom is 0.296 e. The topological polar surface area (TPSA) is 132 Å². The smallest absolute Gasteiger partial charge is 0.296 e. The Morgan fingerprint density at radius 2 is 1.59 bits per heavy atom. The van der Waals surface area contributed by atoms with E-state index in [0.29, 0.717) is 70.8 Å². The number of rotatable bonds is 24. The number of benzene rings is 3. The predicted octanol–water partition coefficient (Wildman–Crippen LogP) is 6.55. The van der Waals surface area contributed by atoms with Gasteiger partial charge in [0.05, 0.1) is 36.8 Å². The summed E-state index contributed by atoms with van der Waals surface area (Å²) in [5.41, 5.74) is 2.97. The standard InChI is InChI=1S/C46H63N3O8S/c1-35-19-21-41(22-20-35)58(53,54)57-27-10-9-18-42(44(50)32-36-12-7-8-13-36)47-46(52)39(23-24-49-25-28-55-29-26-49)33-45(51)43(48(2)3)31-38-16-11-17-40(30-38)56-34-37-14-5-4-6-15-37/h4-6,11,14-17,19-22,30,36,39,42-43H,7-10,12-13,18,23-29,31-34H2,1-3H3,(H,47,52)/t39-,42+,43+/m1/s1. The largest absolute Gasteiger partial charge is 0.489 e. The van der Waals surface area contributed by atoms with Crippen molar-refractivity contribution < 1.29 is 36.5 Å². The number of morpholine rings is 1. The van der Waals surface area contributed by atoms with E-state index in [2.05, 4.69) is 10.2 Å². The normalized spacial score (nSPS) is 16.8. The molecule has 0 unspecified atom stereocenters. The Bertz CT molecular complexity index is 1840. The number of nitrogens with zero attached hydrogens (tertiary/aromatic N) is 2. The zero-order valence-electron chi connectivity index (χ0n) is 34.6. The van der Waals surface area contributed by atoms with E-state index >= 15 is 0 Å². The molecule has 1 amide bonds. The van der Waals surface area contributed by atoms with Crippen LogP contribution in [-0.4, -0.2) is 101 Å². The molecule has 1 saturated carbocycles. The van der Waals surface area contributed by atoms with Gasteiger partial charge in [0.2, 0.25) is 5.91 Å². The monoisotopic (exact) mass is 817 g/mol. The van der Waals surface area contributed by atoms with Crippen LogP contribution < -0.4 is 10.1 Å². The van der Waals surface area contributed by atoms with Gasteiger partial charge < -0.3 is 14.8 Å². The van der Waals surface area contributed by atoms with Crippen LogP contribution in [0.25, 0.3) is 0 Å². The van der Waals surface area contributed by atoms with E-state index in [4.69, 9.17) is 13.7 Å². The Hall–Kier alpha value is -3.94. The van der Waals surface area contributed by atoms with E-state index in [-0.39, 0.29) is 35.4 Å². The number of nitrogens with one attached hydrogen (secondary N) is 1. The Morgan fingerprint density at radius 1 is 0.879 bits per heavy atom. The minimum atomic E-state index is -3.91. The second kappa shape index (κ2) is 23.0. The predicted molar refractivity (Wildman–Crippen MR) is 225 cm³/mol. The second-order valence-electron chi connectivity index (χ2n) is 16.2. The van der Waals surface area contributed by atoms with Gasteiger partial charge in [0.15, 0.2) is 11.6 Å². The molecule has 1 aliphatic heterocycles. The fourth-order valence-corrected chi connectivity index (χ4v) is 8.76. The second-order valence-corrected chi connectivity index (χ2v) is 17.8. The van der Waals surface area contributed by atoms with E-state index in [1.165, 1.54) is 12.1 Å². The third-order valence-corrected chi connectivity index (χ3v) is 12.7. The van der Waals surface area contributed by atoms with Gasteiger partial charge in [0, 0.05) is 31.8 Å². The van der Waals surface area contributed by atoms with Crippen LogP contribution in [0.4, 0.5) is 0 Å². The average molecular weight is 818 g/mol. The van der Waals surface area contributed by atoms with Gasteiger partial charge in [-0.2, -0.15) is 8.42 Å². The van der Waals surface area contributed by atoms with Crippen LogP contribution in [0.5, 0.6) is 5.75 Å². The maximum atomic E-state index is 14.3. The Kier molecular flexibility index (Phi) is 17.9. The lowest BCUT2D eigenvalue weighted by atomic mass is 9.90. The van der Waals surface area contributed by atoms with Crippen LogP contribution in [0.15, 0.2) is 83.8 Å². The van der Waals surface area contributed by atoms with E-state index < -0.39 is 28.1 Å². The summed E-state index contributed by atoms with van der Waals surface area (Å²) in [4.78, 5) is 46.6. The molecule has 1 heterocycles. The zero-order chi connectivity index (χ0) is 41.3. The number of carbonyl (C=O) groups is 3. The first-order valence-corrected chi connectivity index (χ1v) is 22.4. The highest BCUT2D eigenvalue weighted by atomic mass is 32.2. The van der Waals surface area contributed by atoms with Gasteiger partial charge in [-0.15, -0.1) is 0 Å². The highest BCUT2D eigenvalue weighted by Gasteiger charge is 2.32. The summed E-state index contributed by atoms with van der Waals surface area (Å²) in [6, 6.07) is 23.1. The molecule has 316 valence electrons. The number of amides is 1. The molecule has 1 aliphatic carbocycles. The molecule has 3 atom stereocenters. The SMILES string of the molecule is Cc1ccc(S(=O)(=O)OCCCC[C@H](NC(=O)[C@H](CCN2CCOCC2)CC(=O)[C@H](Cc2cccc(OCc3ccccc3)c2)N(C)C)C(=O)CC2CCCC2)cc1. The summed E-state index contributed by atoms with van der Waals surface area (Å²) >= 11 is 0. The van der Waals surface area contributed by atoms with Gasteiger partial charge in [0.25, 0.3) is 10.1 Å². The van der Waals surface area contributed by atoms with Crippen LogP contribution in [0.3, 0.4) is 0 Å². The van der Waals surface area contributed by atoms with Gasteiger partial charge >= 0.3 is 0 Å². The summed E-state index contributed by atoms with van der Waals surface area (Å²) < 4.78 is 42.4. The summed E-state index contributed by atoms with van der Waals surface area (Å²) in [7, 11) is -0.139. The van der Waals surface area contributed by atoms with Crippen molar-refractivity contribution in [3.05, 3.63) is 95.6 Å². The van der Waals surface area contributed by atoms with E-state index in [1.54, 1.807) is 12.1 Å². The molecule has 1 N–H and O–H groups in total. The zero-order valence-corrected chi connectivity index (χ0v) is 35.4. The third kappa shape index (κ3) is 14.7. The molecular formula is C46H63N3O8S. The number of aryl methyl sites for hydroxylation is 1. The first kappa shape index (κ1) is 45.1. The molecule has 0 spiro atoms. The van der Waals surface area contributed by atoms with Crippen LogP contribution in [0.1, 0.15) is 80.9 Å². The van der Waals surface area contributed by atoms with Crippen LogP contribution in [0, 0.1) is 18.8 Å². The quantitative estimate of drug-likeness (QED) is 0.0784. The lowest BCUT2D eigenvalue weighted by molar-refractivity contribution is -0.134. The van der Waals surface area contributed by atoms with Crippen molar-refractivity contribution in [3.63, 3.8) is 0 Å².